The molecule has 10 heteroatoms. The Labute approximate surface area is 169 Å². The molecule has 2 fully saturated rings. The summed E-state index contributed by atoms with van der Waals surface area (Å²) in [6.45, 7) is 0. The fourth-order valence-electron chi connectivity index (χ4n) is 3.34. The van der Waals surface area contributed by atoms with Gasteiger partial charge in [0.15, 0.2) is 0 Å². The van der Waals surface area contributed by atoms with Crippen LogP contribution in [0, 0.1) is 23.1 Å². The van der Waals surface area contributed by atoms with E-state index in [9.17, 15) is 31.1 Å². The Balaban J connectivity index is 1.86. The second kappa shape index (κ2) is 8.10. The highest BCUT2D eigenvalue weighted by atomic mass is 19.4. The summed E-state index contributed by atoms with van der Waals surface area (Å²) < 4.78 is 84.0. The van der Waals surface area contributed by atoms with Crippen LogP contribution in [0.1, 0.15) is 50.1 Å². The zero-order valence-electron chi connectivity index (χ0n) is 15.9. The second-order valence-electron chi connectivity index (χ2n) is 8.11. The van der Waals surface area contributed by atoms with Crippen molar-refractivity contribution in [1.29, 1.82) is 5.26 Å². The number of hydrogen-bond donors (Lipinski definition) is 2. The Kier molecular flexibility index (Phi) is 6.05. The van der Waals surface area contributed by atoms with Gasteiger partial charge in [0, 0.05) is 18.4 Å². The summed E-state index contributed by atoms with van der Waals surface area (Å²) in [7, 11) is 0. The molecule has 0 radical (unpaired) electrons. The van der Waals surface area contributed by atoms with Gasteiger partial charge in [-0.15, -0.1) is 0 Å². The lowest BCUT2D eigenvalue weighted by Gasteiger charge is -2.30. The summed E-state index contributed by atoms with van der Waals surface area (Å²) in [5.74, 6) is -5.91. The van der Waals surface area contributed by atoms with Crippen LogP contribution in [0.4, 0.5) is 26.3 Å². The molecule has 0 spiro atoms. The molecular weight excluding hydrogens is 412 g/mol. The van der Waals surface area contributed by atoms with E-state index in [1.54, 1.807) is 0 Å². The number of amides is 1. The van der Waals surface area contributed by atoms with E-state index in [1.165, 1.54) is 12.1 Å². The first-order chi connectivity index (χ1) is 13.9. The summed E-state index contributed by atoms with van der Waals surface area (Å²) in [5, 5.41) is 13.3. The quantitative estimate of drug-likeness (QED) is 0.568. The van der Waals surface area contributed by atoms with Crippen molar-refractivity contribution in [2.75, 3.05) is 0 Å². The third-order valence-corrected chi connectivity index (χ3v) is 5.34. The maximum absolute atomic E-state index is 14.4. The summed E-state index contributed by atoms with van der Waals surface area (Å²) in [4.78, 5) is 12.6. The molecule has 2 atom stereocenters. The number of nitrogens with zero attached hydrogens (tertiary/aromatic N) is 1. The average Bonchev–Trinajstić information content (AvgIpc) is 3.56. The van der Waals surface area contributed by atoms with E-state index >= 15 is 0 Å². The van der Waals surface area contributed by atoms with Gasteiger partial charge < -0.3 is 5.32 Å². The summed E-state index contributed by atoms with van der Waals surface area (Å²) in [5.41, 5.74) is -2.04. The molecule has 0 aliphatic heterocycles. The van der Waals surface area contributed by atoms with Crippen LogP contribution in [0.5, 0.6) is 0 Å². The molecule has 2 N–H and O–H groups in total. The lowest BCUT2D eigenvalue weighted by molar-refractivity contribution is -0.163. The largest absolute Gasteiger partial charge is 0.408 e. The first kappa shape index (κ1) is 22.4. The molecule has 0 saturated heterocycles. The van der Waals surface area contributed by atoms with Crippen molar-refractivity contribution in [2.24, 2.45) is 5.92 Å². The third-order valence-electron chi connectivity index (χ3n) is 5.34. The van der Waals surface area contributed by atoms with Crippen molar-refractivity contribution >= 4 is 5.91 Å². The van der Waals surface area contributed by atoms with Crippen LogP contribution in [0.25, 0.3) is 0 Å². The van der Waals surface area contributed by atoms with Gasteiger partial charge in [-0.2, -0.15) is 18.4 Å². The fraction of sp³-hybridized carbons (Fsp3) is 0.600. The monoisotopic (exact) mass is 433 g/mol. The van der Waals surface area contributed by atoms with Crippen LogP contribution < -0.4 is 10.6 Å². The lowest BCUT2D eigenvalue weighted by atomic mass is 9.99. The van der Waals surface area contributed by atoms with E-state index in [-0.39, 0.29) is 18.8 Å². The zero-order chi connectivity index (χ0) is 22.2. The first-order valence-electron chi connectivity index (χ1n) is 9.63. The molecule has 4 nitrogen and oxygen atoms in total. The van der Waals surface area contributed by atoms with E-state index in [0.717, 1.165) is 12.1 Å². The first-order valence-corrected chi connectivity index (χ1v) is 9.63. The number of nitriles is 1. The van der Waals surface area contributed by atoms with E-state index in [1.807, 2.05) is 11.4 Å². The number of benzene rings is 1. The minimum Gasteiger partial charge on any atom is -0.336 e. The highest BCUT2D eigenvalue weighted by Crippen LogP contribution is 2.42. The van der Waals surface area contributed by atoms with Crippen molar-refractivity contribution in [3.8, 4) is 6.07 Å². The number of alkyl halides is 5. The van der Waals surface area contributed by atoms with Gasteiger partial charge in [-0.05, 0) is 37.7 Å². The number of rotatable bonds is 9. The molecule has 164 valence electrons. The van der Waals surface area contributed by atoms with Crippen molar-refractivity contribution in [3.63, 3.8) is 0 Å². The highest BCUT2D eigenvalue weighted by molar-refractivity contribution is 5.83. The molecule has 1 unspecified atom stereocenters. The molecule has 2 aliphatic carbocycles. The molecule has 0 bridgehead atoms. The third kappa shape index (κ3) is 5.65. The molecule has 0 heterocycles. The summed E-state index contributed by atoms with van der Waals surface area (Å²) in [6, 6.07) is 1.30. The maximum atomic E-state index is 14.4. The second-order valence-corrected chi connectivity index (χ2v) is 8.11. The Hall–Kier alpha value is -2.28. The van der Waals surface area contributed by atoms with E-state index in [0.29, 0.717) is 12.8 Å². The number of hydrogen-bond acceptors (Lipinski definition) is 3. The molecular formula is C20H21F6N3O. The van der Waals surface area contributed by atoms with Gasteiger partial charge >= 0.3 is 6.18 Å². The van der Waals surface area contributed by atoms with Crippen LogP contribution in [-0.4, -0.2) is 29.6 Å². The number of nitrogens with one attached hydrogen (secondary N) is 2. The molecule has 30 heavy (non-hydrogen) atoms. The predicted octanol–water partition coefficient (Wildman–Crippen LogP) is 4.39. The van der Waals surface area contributed by atoms with E-state index in [2.05, 4.69) is 5.32 Å². The fourth-order valence-corrected chi connectivity index (χ4v) is 3.34. The zero-order valence-corrected chi connectivity index (χ0v) is 15.9. The molecule has 2 saturated carbocycles. The molecule has 0 aromatic heterocycles. The molecule has 3 rings (SSSR count). The van der Waals surface area contributed by atoms with Crippen molar-refractivity contribution in [3.05, 3.63) is 35.6 Å². The number of carbonyl (C=O) groups is 1. The normalized spacial score (nSPS) is 20.2. The van der Waals surface area contributed by atoms with Crippen molar-refractivity contribution in [2.45, 2.75) is 68.2 Å². The minimum absolute atomic E-state index is 0.220. The maximum Gasteiger partial charge on any atom is 0.408 e. The van der Waals surface area contributed by atoms with Gasteiger partial charge in [0.25, 0.3) is 0 Å². The van der Waals surface area contributed by atoms with Crippen LogP contribution in [0.15, 0.2) is 24.3 Å². The smallest absolute Gasteiger partial charge is 0.336 e. The number of carbonyl (C=O) groups excluding carboxylic acids is 1. The molecule has 2 aliphatic rings. The Morgan fingerprint density at radius 1 is 1.20 bits per heavy atom. The van der Waals surface area contributed by atoms with Gasteiger partial charge in [-0.3, -0.25) is 10.1 Å². The van der Waals surface area contributed by atoms with Crippen LogP contribution in [0.3, 0.4) is 0 Å². The Morgan fingerprint density at radius 3 is 2.33 bits per heavy atom. The van der Waals surface area contributed by atoms with Crippen molar-refractivity contribution < 1.29 is 31.1 Å². The SMILES string of the molecule is N#CC1(NC(=O)C(CC(F)(F)CC2CC2)N[C@@H](c2ccccc2F)C(F)(F)F)CC1. The predicted molar refractivity (Wildman–Crippen MR) is 94.7 cm³/mol. The van der Waals surface area contributed by atoms with E-state index < -0.39 is 59.9 Å². The lowest BCUT2D eigenvalue weighted by Crippen LogP contribution is -2.53. The Bertz CT molecular complexity index is 827. The van der Waals surface area contributed by atoms with Crippen LogP contribution >= 0.6 is 0 Å². The standard InChI is InChI=1S/C20H21F6N3O/c21-14-4-2-1-3-13(14)16(20(24,25)26)28-15(10-19(22,23)9-12-5-6-12)17(30)29-18(11-27)7-8-18/h1-4,12,15-16,28H,5-10H2,(H,29,30)/t15?,16-/m0/s1. The minimum atomic E-state index is -5.04. The van der Waals surface area contributed by atoms with Crippen molar-refractivity contribution in [1.82, 2.24) is 10.6 Å². The van der Waals surface area contributed by atoms with Gasteiger partial charge in [0.2, 0.25) is 11.8 Å². The van der Waals surface area contributed by atoms with Gasteiger partial charge in [0.1, 0.15) is 17.4 Å². The topological polar surface area (TPSA) is 64.9 Å². The van der Waals surface area contributed by atoms with Crippen LogP contribution in [-0.2, 0) is 4.79 Å². The Morgan fingerprint density at radius 2 is 1.83 bits per heavy atom. The van der Waals surface area contributed by atoms with E-state index in [4.69, 9.17) is 5.26 Å². The van der Waals surface area contributed by atoms with Gasteiger partial charge in [-0.1, -0.05) is 18.2 Å². The van der Waals surface area contributed by atoms with Gasteiger partial charge in [-0.25, -0.2) is 13.2 Å². The molecule has 1 aromatic rings. The highest BCUT2D eigenvalue weighted by Gasteiger charge is 2.50. The number of halogens is 6. The summed E-state index contributed by atoms with van der Waals surface area (Å²) >= 11 is 0. The summed E-state index contributed by atoms with van der Waals surface area (Å²) in [6.07, 6.45) is -4.96. The van der Waals surface area contributed by atoms with Crippen LogP contribution in [0.2, 0.25) is 0 Å². The average molecular weight is 433 g/mol. The van der Waals surface area contributed by atoms with Gasteiger partial charge in [0.05, 0.1) is 12.1 Å². The molecule has 1 amide bonds. The molecule has 1 aromatic carbocycles.